The van der Waals surface area contributed by atoms with Gasteiger partial charge < -0.3 is 4.74 Å². The Morgan fingerprint density at radius 1 is 1.36 bits per heavy atom. The van der Waals surface area contributed by atoms with Crippen LogP contribution in [0, 0.1) is 6.92 Å². The molecule has 0 atom stereocenters. The second-order valence-electron chi connectivity index (χ2n) is 1.92. The molecule has 0 bridgehead atoms. The van der Waals surface area contributed by atoms with Gasteiger partial charge in [0.05, 0.1) is 11.6 Å². The molecule has 1 rings (SSSR count). The van der Waals surface area contributed by atoms with Crippen LogP contribution in [0.1, 0.15) is 0 Å². The maximum Gasteiger partial charge on any atom is 0.139 e. The van der Waals surface area contributed by atoms with Crippen LogP contribution >= 0.6 is 23.2 Å². The van der Waals surface area contributed by atoms with Gasteiger partial charge in [-0.3, -0.25) is 0 Å². The van der Waals surface area contributed by atoms with Crippen molar-refractivity contribution in [2.45, 2.75) is 0 Å². The van der Waals surface area contributed by atoms with E-state index in [9.17, 15) is 0 Å². The molecule has 0 aliphatic carbocycles. The van der Waals surface area contributed by atoms with Crippen LogP contribution in [0.25, 0.3) is 0 Å². The van der Waals surface area contributed by atoms with E-state index in [0.29, 0.717) is 22.4 Å². The third-order valence-corrected chi connectivity index (χ3v) is 1.70. The SMILES string of the molecule is [CH2]COc1cc(Cl)ccc1Cl. The summed E-state index contributed by atoms with van der Waals surface area (Å²) >= 11 is 11.5. The Morgan fingerprint density at radius 2 is 2.09 bits per heavy atom. The Bertz CT molecular complexity index is 248. The first kappa shape index (κ1) is 8.69. The predicted molar refractivity (Wildman–Crippen MR) is 47.3 cm³/mol. The molecule has 0 heterocycles. The van der Waals surface area contributed by atoms with Gasteiger partial charge in [-0.15, -0.1) is 0 Å². The first-order valence-electron chi connectivity index (χ1n) is 3.11. The number of rotatable bonds is 2. The first-order valence-corrected chi connectivity index (χ1v) is 3.86. The van der Waals surface area contributed by atoms with Crippen LogP contribution in [0.5, 0.6) is 5.75 Å². The molecule has 0 saturated carbocycles. The molecule has 0 unspecified atom stereocenters. The molecule has 59 valence electrons. The molecule has 0 aliphatic rings. The molecule has 0 aromatic heterocycles. The van der Waals surface area contributed by atoms with Gasteiger partial charge in [0.2, 0.25) is 0 Å². The van der Waals surface area contributed by atoms with E-state index in [4.69, 9.17) is 27.9 Å². The maximum atomic E-state index is 5.76. The summed E-state index contributed by atoms with van der Waals surface area (Å²) in [5, 5.41) is 1.16. The topological polar surface area (TPSA) is 9.23 Å². The lowest BCUT2D eigenvalue weighted by Gasteiger charge is -2.04. The highest BCUT2D eigenvalue weighted by Crippen LogP contribution is 2.27. The van der Waals surface area contributed by atoms with Crippen molar-refractivity contribution in [1.29, 1.82) is 0 Å². The highest BCUT2D eigenvalue weighted by atomic mass is 35.5. The zero-order valence-electron chi connectivity index (χ0n) is 5.81. The molecule has 0 N–H and O–H groups in total. The van der Waals surface area contributed by atoms with E-state index in [1.807, 2.05) is 0 Å². The molecule has 0 aliphatic heterocycles. The van der Waals surface area contributed by atoms with Crippen molar-refractivity contribution in [3.63, 3.8) is 0 Å². The molecular formula is C8H7Cl2O. The molecular weight excluding hydrogens is 183 g/mol. The number of hydrogen-bond donors (Lipinski definition) is 0. The fourth-order valence-electron chi connectivity index (χ4n) is 0.698. The van der Waals surface area contributed by atoms with Crippen molar-refractivity contribution >= 4 is 23.2 Å². The van der Waals surface area contributed by atoms with Gasteiger partial charge in [0.15, 0.2) is 0 Å². The van der Waals surface area contributed by atoms with Gasteiger partial charge in [0, 0.05) is 11.1 Å². The molecule has 1 radical (unpaired) electrons. The smallest absolute Gasteiger partial charge is 0.139 e. The minimum atomic E-state index is 0.347. The van der Waals surface area contributed by atoms with Crippen molar-refractivity contribution in [3.05, 3.63) is 35.2 Å². The van der Waals surface area contributed by atoms with E-state index in [0.717, 1.165) is 0 Å². The predicted octanol–water partition coefficient (Wildman–Crippen LogP) is 3.21. The molecule has 1 aromatic carbocycles. The Kier molecular flexibility index (Phi) is 3.03. The van der Waals surface area contributed by atoms with Crippen LogP contribution in [0.2, 0.25) is 10.0 Å². The summed E-state index contributed by atoms with van der Waals surface area (Å²) in [7, 11) is 0. The van der Waals surface area contributed by atoms with Gasteiger partial charge in [-0.1, -0.05) is 23.2 Å². The summed E-state index contributed by atoms with van der Waals surface area (Å²) in [6.45, 7) is 3.88. The van der Waals surface area contributed by atoms with Gasteiger partial charge in [-0.2, -0.15) is 0 Å². The number of halogens is 2. The molecule has 0 spiro atoms. The van der Waals surface area contributed by atoms with Crippen LogP contribution < -0.4 is 4.74 Å². The normalized spacial score (nSPS) is 9.73. The average Bonchev–Trinajstić information content (AvgIpc) is 1.98. The maximum absolute atomic E-state index is 5.76. The zero-order chi connectivity index (χ0) is 8.27. The van der Waals surface area contributed by atoms with Gasteiger partial charge in [0.1, 0.15) is 5.75 Å². The Hall–Kier alpha value is -0.400. The second kappa shape index (κ2) is 3.84. The Morgan fingerprint density at radius 3 is 2.73 bits per heavy atom. The van der Waals surface area contributed by atoms with Crippen LogP contribution in [-0.2, 0) is 0 Å². The van der Waals surface area contributed by atoms with Crippen molar-refractivity contribution in [2.75, 3.05) is 6.61 Å². The van der Waals surface area contributed by atoms with Crippen LogP contribution in [0.3, 0.4) is 0 Å². The summed E-state index contributed by atoms with van der Waals surface area (Å²) < 4.78 is 5.09. The highest BCUT2D eigenvalue weighted by Gasteiger charge is 1.99. The second-order valence-corrected chi connectivity index (χ2v) is 2.77. The van der Waals surface area contributed by atoms with Gasteiger partial charge in [0.25, 0.3) is 0 Å². The molecule has 1 aromatic rings. The first-order chi connectivity index (χ1) is 5.24. The van der Waals surface area contributed by atoms with Crippen molar-refractivity contribution in [3.8, 4) is 5.75 Å². The third kappa shape index (κ3) is 2.28. The van der Waals surface area contributed by atoms with Crippen LogP contribution in [0.4, 0.5) is 0 Å². The fourth-order valence-corrected chi connectivity index (χ4v) is 1.03. The van der Waals surface area contributed by atoms with Crippen LogP contribution in [0.15, 0.2) is 18.2 Å². The van der Waals surface area contributed by atoms with E-state index in [1.54, 1.807) is 18.2 Å². The zero-order valence-corrected chi connectivity index (χ0v) is 7.32. The van der Waals surface area contributed by atoms with E-state index in [1.165, 1.54) is 0 Å². The quantitative estimate of drug-likeness (QED) is 0.695. The fraction of sp³-hybridized carbons (Fsp3) is 0.125. The lowest BCUT2D eigenvalue weighted by molar-refractivity contribution is 0.361. The summed E-state index contributed by atoms with van der Waals surface area (Å²) in [5.41, 5.74) is 0. The molecule has 0 saturated heterocycles. The third-order valence-electron chi connectivity index (χ3n) is 1.15. The van der Waals surface area contributed by atoms with E-state index >= 15 is 0 Å². The number of ether oxygens (including phenoxy) is 1. The molecule has 0 amide bonds. The minimum absolute atomic E-state index is 0.347. The van der Waals surface area contributed by atoms with Crippen molar-refractivity contribution in [2.24, 2.45) is 0 Å². The van der Waals surface area contributed by atoms with Gasteiger partial charge in [-0.25, -0.2) is 0 Å². The number of hydrogen-bond acceptors (Lipinski definition) is 1. The van der Waals surface area contributed by atoms with Gasteiger partial charge in [-0.05, 0) is 19.1 Å². The Labute approximate surface area is 75.9 Å². The minimum Gasteiger partial charge on any atom is -0.492 e. The summed E-state index contributed by atoms with van der Waals surface area (Å²) in [4.78, 5) is 0. The molecule has 3 heteroatoms. The number of benzene rings is 1. The lowest BCUT2D eigenvalue weighted by atomic mass is 10.3. The largest absolute Gasteiger partial charge is 0.492 e. The monoisotopic (exact) mass is 189 g/mol. The molecule has 1 nitrogen and oxygen atoms in total. The van der Waals surface area contributed by atoms with Crippen LogP contribution in [-0.4, -0.2) is 6.61 Å². The van der Waals surface area contributed by atoms with Crippen molar-refractivity contribution < 1.29 is 4.74 Å². The molecule has 11 heavy (non-hydrogen) atoms. The van der Waals surface area contributed by atoms with E-state index in [2.05, 4.69) is 6.92 Å². The van der Waals surface area contributed by atoms with E-state index < -0.39 is 0 Å². The average molecular weight is 190 g/mol. The summed E-state index contributed by atoms with van der Waals surface area (Å²) in [6, 6.07) is 5.06. The standard InChI is InChI=1S/C8H7Cl2O/c1-2-11-8-5-6(9)3-4-7(8)10/h3-5H,1-2H2. The van der Waals surface area contributed by atoms with Crippen molar-refractivity contribution in [1.82, 2.24) is 0 Å². The van der Waals surface area contributed by atoms with E-state index in [-0.39, 0.29) is 0 Å². The molecule has 0 fully saturated rings. The lowest BCUT2D eigenvalue weighted by Crippen LogP contribution is -1.91. The summed E-state index contributed by atoms with van der Waals surface area (Å²) in [6.07, 6.45) is 0. The highest BCUT2D eigenvalue weighted by molar-refractivity contribution is 6.34. The Balaban J connectivity index is 2.93. The summed E-state index contributed by atoms with van der Waals surface area (Å²) in [5.74, 6) is 0.578. The van der Waals surface area contributed by atoms with Gasteiger partial charge >= 0.3 is 0 Å².